The molecule has 0 radical (unpaired) electrons. The van der Waals surface area contributed by atoms with Gasteiger partial charge in [-0.1, -0.05) is 12.1 Å². The van der Waals surface area contributed by atoms with Crippen LogP contribution in [0, 0.1) is 13.8 Å². The van der Waals surface area contributed by atoms with Gasteiger partial charge < -0.3 is 25.3 Å². The number of imidazole rings is 1. The molecule has 0 atom stereocenters. The van der Waals surface area contributed by atoms with Crippen molar-refractivity contribution >= 4 is 30.0 Å². The first-order chi connectivity index (χ1) is 16.9. The van der Waals surface area contributed by atoms with E-state index in [4.69, 9.17) is 10.5 Å². The first-order valence-corrected chi connectivity index (χ1v) is 11.3. The average Bonchev–Trinajstić information content (AvgIpc) is 3.15. The zero-order valence-electron chi connectivity index (χ0n) is 20.1. The molecule has 0 bridgehead atoms. The van der Waals surface area contributed by atoms with Crippen LogP contribution >= 0.6 is 0 Å². The number of carbonyl (C=O) groups excluding carboxylic acids is 2. The quantitative estimate of drug-likeness (QED) is 0.357. The second-order valence-corrected chi connectivity index (χ2v) is 8.51. The molecule has 4 rings (SSSR count). The van der Waals surface area contributed by atoms with Crippen molar-refractivity contribution in [1.29, 1.82) is 0 Å². The van der Waals surface area contributed by atoms with Crippen molar-refractivity contribution in [1.82, 2.24) is 24.8 Å². The van der Waals surface area contributed by atoms with Crippen LogP contribution in [-0.4, -0.2) is 58.2 Å². The van der Waals surface area contributed by atoms with Crippen LogP contribution in [0.2, 0.25) is 0 Å². The van der Waals surface area contributed by atoms with Gasteiger partial charge in [0.2, 0.25) is 6.41 Å². The van der Waals surface area contributed by atoms with E-state index in [2.05, 4.69) is 20.3 Å². The molecule has 182 valence electrons. The Hall–Kier alpha value is -4.05. The van der Waals surface area contributed by atoms with Crippen LogP contribution in [0.1, 0.15) is 44.3 Å². The number of benzene rings is 1. The summed E-state index contributed by atoms with van der Waals surface area (Å²) in [6.07, 6.45) is 4.22. The highest BCUT2D eigenvalue weighted by molar-refractivity contribution is 5.93. The first kappa shape index (κ1) is 24.1. The number of aryl methyl sites for hydroxylation is 2. The Bertz CT molecular complexity index is 1260. The first-order valence-electron chi connectivity index (χ1n) is 11.3. The number of anilines is 1. The fourth-order valence-electron chi connectivity index (χ4n) is 4.07. The molecule has 35 heavy (non-hydrogen) atoms. The van der Waals surface area contributed by atoms with Gasteiger partial charge >= 0.3 is 0 Å². The number of nitrogen functional groups attached to an aromatic ring is 1. The Morgan fingerprint density at radius 3 is 2.86 bits per heavy atom. The Labute approximate surface area is 203 Å². The van der Waals surface area contributed by atoms with Crippen molar-refractivity contribution in [3.8, 4) is 0 Å². The molecule has 10 heteroatoms. The van der Waals surface area contributed by atoms with Gasteiger partial charge in [-0.05, 0) is 48.2 Å². The third kappa shape index (κ3) is 5.55. The Morgan fingerprint density at radius 1 is 1.29 bits per heavy atom. The molecule has 2 aromatic heterocycles. The molecule has 0 fully saturated rings. The van der Waals surface area contributed by atoms with Gasteiger partial charge in [0.1, 0.15) is 11.5 Å². The minimum atomic E-state index is -0.268. The van der Waals surface area contributed by atoms with Gasteiger partial charge in [-0.3, -0.25) is 14.6 Å². The van der Waals surface area contributed by atoms with E-state index in [0.29, 0.717) is 50.1 Å². The van der Waals surface area contributed by atoms with Crippen molar-refractivity contribution in [2.45, 2.75) is 33.5 Å². The van der Waals surface area contributed by atoms with E-state index < -0.39 is 0 Å². The van der Waals surface area contributed by atoms with Crippen LogP contribution in [0.25, 0.3) is 0 Å². The summed E-state index contributed by atoms with van der Waals surface area (Å²) in [4.78, 5) is 39.1. The summed E-state index contributed by atoms with van der Waals surface area (Å²) in [5.74, 6) is 0.797. The molecule has 0 saturated carbocycles. The normalized spacial score (nSPS) is 12.0. The average molecular weight is 476 g/mol. The summed E-state index contributed by atoms with van der Waals surface area (Å²) in [7, 11) is 1.61. The van der Waals surface area contributed by atoms with Gasteiger partial charge in [0, 0.05) is 38.6 Å². The number of nitrogens with one attached hydrogen (secondary N) is 1. The number of amides is 2. The number of pyridine rings is 1. The molecule has 0 saturated heterocycles. The van der Waals surface area contributed by atoms with Crippen molar-refractivity contribution in [3.05, 3.63) is 69.9 Å². The summed E-state index contributed by atoms with van der Waals surface area (Å²) in [5.41, 5.74) is 11.6. The van der Waals surface area contributed by atoms with E-state index in [9.17, 15) is 9.59 Å². The second-order valence-electron chi connectivity index (χ2n) is 8.51. The highest BCUT2D eigenvalue weighted by Crippen LogP contribution is 2.26. The SMILES string of the molecule is COCCN(C=O)Cc1ccc2c(c1)N=Cc1nc(C(=O)NCc3c(C)cc(N)nc3C)cn1C2. The topological polar surface area (TPSA) is 128 Å². The van der Waals surface area contributed by atoms with E-state index >= 15 is 0 Å². The van der Waals surface area contributed by atoms with E-state index in [1.165, 1.54) is 0 Å². The molecule has 3 N–H and O–H groups in total. The molecule has 2 amide bonds. The van der Waals surface area contributed by atoms with Crippen LogP contribution < -0.4 is 11.1 Å². The zero-order valence-corrected chi connectivity index (χ0v) is 20.1. The number of methoxy groups -OCH3 is 1. The number of aliphatic imine (C=N–C) groups is 1. The van der Waals surface area contributed by atoms with E-state index in [1.807, 2.05) is 36.6 Å². The van der Waals surface area contributed by atoms with Crippen LogP contribution in [0.3, 0.4) is 0 Å². The summed E-state index contributed by atoms with van der Waals surface area (Å²) in [6, 6.07) is 7.75. The number of nitrogens with two attached hydrogens (primary N) is 1. The van der Waals surface area contributed by atoms with Crippen LogP contribution in [0.15, 0.2) is 35.5 Å². The monoisotopic (exact) mass is 475 g/mol. The fraction of sp³-hybridized carbons (Fsp3) is 0.320. The molecule has 0 aliphatic carbocycles. The van der Waals surface area contributed by atoms with Crippen LogP contribution in [0.5, 0.6) is 0 Å². The number of aromatic nitrogens is 3. The van der Waals surface area contributed by atoms with Gasteiger partial charge in [-0.15, -0.1) is 0 Å². The van der Waals surface area contributed by atoms with Gasteiger partial charge in [0.25, 0.3) is 5.91 Å². The maximum atomic E-state index is 12.8. The summed E-state index contributed by atoms with van der Waals surface area (Å²) in [5, 5.41) is 2.92. The Kier molecular flexibility index (Phi) is 7.21. The third-order valence-corrected chi connectivity index (χ3v) is 5.97. The molecule has 0 unspecified atom stereocenters. The highest BCUT2D eigenvalue weighted by Gasteiger charge is 2.18. The number of nitrogens with zero attached hydrogens (tertiary/aromatic N) is 5. The van der Waals surface area contributed by atoms with Crippen molar-refractivity contribution in [2.75, 3.05) is 26.0 Å². The Morgan fingerprint density at radius 2 is 2.11 bits per heavy atom. The van der Waals surface area contributed by atoms with Gasteiger partial charge in [0.05, 0.1) is 25.1 Å². The predicted octanol–water partition coefficient (Wildman–Crippen LogP) is 2.12. The second kappa shape index (κ2) is 10.5. The number of ether oxygens (including phenoxy) is 1. The molecule has 1 aromatic carbocycles. The van der Waals surface area contributed by atoms with Crippen LogP contribution in [-0.2, 0) is 29.2 Å². The zero-order chi connectivity index (χ0) is 24.9. The molecule has 10 nitrogen and oxygen atoms in total. The smallest absolute Gasteiger partial charge is 0.271 e. The lowest BCUT2D eigenvalue weighted by Crippen LogP contribution is -2.25. The van der Waals surface area contributed by atoms with E-state index in [1.54, 1.807) is 30.5 Å². The highest BCUT2D eigenvalue weighted by atomic mass is 16.5. The minimum Gasteiger partial charge on any atom is -0.384 e. The van der Waals surface area contributed by atoms with Gasteiger partial charge in [-0.2, -0.15) is 0 Å². The molecule has 1 aliphatic rings. The number of fused-ring (bicyclic) bond motifs is 2. The van der Waals surface area contributed by atoms with E-state index in [-0.39, 0.29) is 5.91 Å². The standard InChI is InChI=1S/C25H29N7O3/c1-16-8-23(26)29-17(2)20(16)10-28-25(34)22-14-32-13-19-5-4-18(12-31(15-33)6-7-35-3)9-21(19)27-11-24(32)30-22/h4-5,8-9,11,14-15H,6-7,10,12-13H2,1-3H3,(H2,26,29)(H,28,34). The Balaban J connectivity index is 1.45. The van der Waals surface area contributed by atoms with Crippen LogP contribution in [0.4, 0.5) is 11.5 Å². The molecular weight excluding hydrogens is 446 g/mol. The minimum absolute atomic E-state index is 0.268. The van der Waals surface area contributed by atoms with Crippen molar-refractivity contribution in [3.63, 3.8) is 0 Å². The van der Waals surface area contributed by atoms with Gasteiger partial charge in [0.15, 0.2) is 5.82 Å². The van der Waals surface area contributed by atoms with Crippen molar-refractivity contribution in [2.24, 2.45) is 4.99 Å². The van der Waals surface area contributed by atoms with Crippen molar-refractivity contribution < 1.29 is 14.3 Å². The lowest BCUT2D eigenvalue weighted by atomic mass is 10.1. The fourth-order valence-corrected chi connectivity index (χ4v) is 4.07. The lowest BCUT2D eigenvalue weighted by Gasteiger charge is -2.17. The largest absolute Gasteiger partial charge is 0.384 e. The number of rotatable bonds is 9. The van der Waals surface area contributed by atoms with E-state index in [0.717, 1.165) is 40.0 Å². The molecular formula is C25H29N7O3. The molecule has 3 aromatic rings. The maximum Gasteiger partial charge on any atom is 0.271 e. The number of hydrogen-bond donors (Lipinski definition) is 2. The summed E-state index contributed by atoms with van der Waals surface area (Å²) >= 11 is 0. The molecule has 1 aliphatic heterocycles. The summed E-state index contributed by atoms with van der Waals surface area (Å²) < 4.78 is 6.96. The molecule has 3 heterocycles. The lowest BCUT2D eigenvalue weighted by molar-refractivity contribution is -0.119. The summed E-state index contributed by atoms with van der Waals surface area (Å²) in [6.45, 7) is 6.18. The number of hydrogen-bond acceptors (Lipinski definition) is 7. The maximum absolute atomic E-state index is 12.8. The molecule has 0 spiro atoms. The van der Waals surface area contributed by atoms with Gasteiger partial charge in [-0.25, -0.2) is 9.97 Å². The number of carbonyl (C=O) groups is 2. The third-order valence-electron chi connectivity index (χ3n) is 5.97. The predicted molar refractivity (Wildman–Crippen MR) is 133 cm³/mol.